The van der Waals surface area contributed by atoms with E-state index >= 15 is 0 Å². The van der Waals surface area contributed by atoms with Crippen LogP contribution in [-0.4, -0.2) is 29.9 Å². The number of hydrogen-bond acceptors (Lipinski definition) is 5. The molecule has 0 bridgehead atoms. The van der Waals surface area contributed by atoms with Gasteiger partial charge in [-0.25, -0.2) is 4.68 Å². The minimum Gasteiger partial charge on any atom is -0.497 e. The Hall–Kier alpha value is -2.83. The minimum absolute atomic E-state index is 0.137. The first-order valence-electron chi connectivity index (χ1n) is 7.09. The third kappa shape index (κ3) is 3.68. The van der Waals surface area contributed by atoms with Crippen LogP contribution >= 0.6 is 0 Å². The van der Waals surface area contributed by atoms with Gasteiger partial charge in [0.25, 0.3) is 11.5 Å². The molecule has 1 aromatic heterocycles. The second-order valence-electron chi connectivity index (χ2n) is 5.12. The smallest absolute Gasteiger partial charge is 0.276 e. The van der Waals surface area contributed by atoms with Gasteiger partial charge in [-0.05, 0) is 32.0 Å². The fourth-order valence-electron chi connectivity index (χ4n) is 2.01. The summed E-state index contributed by atoms with van der Waals surface area (Å²) in [4.78, 5) is 24.1. The van der Waals surface area contributed by atoms with Crippen molar-refractivity contribution in [3.63, 3.8) is 0 Å². The Bertz CT molecular complexity index is 768. The molecule has 2 rings (SSSR count). The number of ether oxygens (including phenoxy) is 2. The predicted octanol–water partition coefficient (Wildman–Crippen LogP) is 2.09. The molecule has 1 aromatic carbocycles. The van der Waals surface area contributed by atoms with Gasteiger partial charge >= 0.3 is 0 Å². The number of nitrogens with one attached hydrogen (secondary N) is 1. The van der Waals surface area contributed by atoms with Gasteiger partial charge in [-0.1, -0.05) is 0 Å². The summed E-state index contributed by atoms with van der Waals surface area (Å²) in [5, 5.41) is 6.80. The van der Waals surface area contributed by atoms with Gasteiger partial charge in [-0.3, -0.25) is 9.59 Å². The summed E-state index contributed by atoms with van der Waals surface area (Å²) in [5.41, 5.74) is 0.347. The Balaban J connectivity index is 2.32. The molecule has 0 fully saturated rings. The van der Waals surface area contributed by atoms with Gasteiger partial charge in [0.05, 0.1) is 25.9 Å². The number of nitrogens with zero attached hydrogens (tertiary/aromatic N) is 2. The van der Waals surface area contributed by atoms with Crippen molar-refractivity contribution in [3.8, 4) is 11.5 Å². The fraction of sp³-hybridized carbons (Fsp3) is 0.312. The summed E-state index contributed by atoms with van der Waals surface area (Å²) in [5.74, 6) is 0.642. The number of rotatable bonds is 5. The van der Waals surface area contributed by atoms with Crippen molar-refractivity contribution in [2.24, 2.45) is 0 Å². The van der Waals surface area contributed by atoms with E-state index in [4.69, 9.17) is 9.47 Å². The van der Waals surface area contributed by atoms with Gasteiger partial charge in [0.15, 0.2) is 0 Å². The zero-order valence-corrected chi connectivity index (χ0v) is 13.5. The molecule has 1 heterocycles. The van der Waals surface area contributed by atoms with E-state index in [1.54, 1.807) is 18.2 Å². The molecule has 0 unspecified atom stereocenters. The second kappa shape index (κ2) is 6.95. The van der Waals surface area contributed by atoms with E-state index in [9.17, 15) is 9.59 Å². The molecule has 0 aliphatic rings. The zero-order valence-electron chi connectivity index (χ0n) is 13.5. The molecule has 0 aliphatic carbocycles. The number of amides is 1. The van der Waals surface area contributed by atoms with Crippen LogP contribution in [-0.2, 0) is 0 Å². The van der Waals surface area contributed by atoms with Crippen LogP contribution in [0.15, 0.2) is 35.1 Å². The minimum atomic E-state index is -0.439. The summed E-state index contributed by atoms with van der Waals surface area (Å²) >= 11 is 0. The van der Waals surface area contributed by atoms with Crippen molar-refractivity contribution in [2.45, 2.75) is 19.9 Å². The maximum Gasteiger partial charge on any atom is 0.276 e. The van der Waals surface area contributed by atoms with Crippen LogP contribution in [0.1, 0.15) is 30.4 Å². The Labute approximate surface area is 133 Å². The van der Waals surface area contributed by atoms with E-state index in [1.807, 2.05) is 13.8 Å². The summed E-state index contributed by atoms with van der Waals surface area (Å²) in [7, 11) is 3.04. The van der Waals surface area contributed by atoms with Crippen LogP contribution in [0.25, 0.3) is 0 Å². The lowest BCUT2D eigenvalue weighted by atomic mass is 10.2. The average Bonchev–Trinajstić information content (AvgIpc) is 2.54. The standard InChI is InChI=1S/C16H19N3O4/c1-10(2)19-15(20)8-6-12(18-19)16(21)17-13-9-11(22-3)5-7-14(13)23-4/h5-10H,1-4H3,(H,17,21). The van der Waals surface area contributed by atoms with Crippen LogP contribution in [0.4, 0.5) is 5.69 Å². The van der Waals surface area contributed by atoms with Crippen molar-refractivity contribution in [1.29, 1.82) is 0 Å². The first-order valence-corrected chi connectivity index (χ1v) is 7.09. The number of aromatic nitrogens is 2. The monoisotopic (exact) mass is 317 g/mol. The zero-order chi connectivity index (χ0) is 17.0. The van der Waals surface area contributed by atoms with E-state index in [0.717, 1.165) is 0 Å². The van der Waals surface area contributed by atoms with E-state index in [0.29, 0.717) is 17.2 Å². The largest absolute Gasteiger partial charge is 0.497 e. The van der Waals surface area contributed by atoms with E-state index in [-0.39, 0.29) is 17.3 Å². The van der Waals surface area contributed by atoms with Crippen molar-refractivity contribution in [2.75, 3.05) is 19.5 Å². The molecule has 0 saturated carbocycles. The average molecular weight is 317 g/mol. The molecule has 1 N–H and O–H groups in total. The lowest BCUT2D eigenvalue weighted by Gasteiger charge is -2.13. The molecule has 0 saturated heterocycles. The van der Waals surface area contributed by atoms with E-state index in [1.165, 1.54) is 31.0 Å². The number of anilines is 1. The Morgan fingerprint density at radius 1 is 1.17 bits per heavy atom. The highest BCUT2D eigenvalue weighted by atomic mass is 16.5. The maximum atomic E-state index is 12.4. The normalized spacial score (nSPS) is 10.5. The Kier molecular flexibility index (Phi) is 5.00. The lowest BCUT2D eigenvalue weighted by molar-refractivity contribution is 0.101. The molecule has 2 aromatic rings. The Morgan fingerprint density at radius 3 is 2.52 bits per heavy atom. The second-order valence-corrected chi connectivity index (χ2v) is 5.12. The van der Waals surface area contributed by atoms with E-state index < -0.39 is 5.91 Å². The van der Waals surface area contributed by atoms with Gasteiger partial charge in [-0.2, -0.15) is 5.10 Å². The lowest BCUT2D eigenvalue weighted by Crippen LogP contribution is -2.27. The predicted molar refractivity (Wildman–Crippen MR) is 86.4 cm³/mol. The highest BCUT2D eigenvalue weighted by molar-refractivity contribution is 6.03. The summed E-state index contributed by atoms with van der Waals surface area (Å²) in [6.07, 6.45) is 0. The quantitative estimate of drug-likeness (QED) is 0.913. The fourth-order valence-corrected chi connectivity index (χ4v) is 2.01. The molecule has 0 atom stereocenters. The third-order valence-corrected chi connectivity index (χ3v) is 3.20. The van der Waals surface area contributed by atoms with Gasteiger partial charge in [-0.15, -0.1) is 0 Å². The topological polar surface area (TPSA) is 82.5 Å². The van der Waals surface area contributed by atoms with Crippen molar-refractivity contribution >= 4 is 11.6 Å². The first-order chi connectivity index (χ1) is 11.0. The van der Waals surface area contributed by atoms with Crippen molar-refractivity contribution < 1.29 is 14.3 Å². The van der Waals surface area contributed by atoms with E-state index in [2.05, 4.69) is 10.4 Å². The molecular weight excluding hydrogens is 298 g/mol. The maximum absolute atomic E-state index is 12.4. The first kappa shape index (κ1) is 16.5. The van der Waals surface area contributed by atoms with Gasteiger partial charge in [0, 0.05) is 12.1 Å². The van der Waals surface area contributed by atoms with Crippen LogP contribution in [0.5, 0.6) is 11.5 Å². The molecule has 7 nitrogen and oxygen atoms in total. The number of carbonyl (C=O) groups excluding carboxylic acids is 1. The highest BCUT2D eigenvalue weighted by Gasteiger charge is 2.14. The van der Waals surface area contributed by atoms with Crippen LogP contribution < -0.4 is 20.3 Å². The summed E-state index contributed by atoms with van der Waals surface area (Å²) in [6.45, 7) is 3.64. The number of benzene rings is 1. The molecule has 1 amide bonds. The number of methoxy groups -OCH3 is 2. The third-order valence-electron chi connectivity index (χ3n) is 3.20. The van der Waals surface area contributed by atoms with Gasteiger partial charge in [0.1, 0.15) is 17.2 Å². The summed E-state index contributed by atoms with van der Waals surface area (Å²) < 4.78 is 11.6. The Morgan fingerprint density at radius 2 is 1.91 bits per heavy atom. The molecular formula is C16H19N3O4. The molecule has 0 aliphatic heterocycles. The molecule has 122 valence electrons. The van der Waals surface area contributed by atoms with Crippen LogP contribution in [0, 0.1) is 0 Å². The number of carbonyl (C=O) groups is 1. The van der Waals surface area contributed by atoms with Crippen LogP contribution in [0.3, 0.4) is 0 Å². The highest BCUT2D eigenvalue weighted by Crippen LogP contribution is 2.29. The molecule has 7 heteroatoms. The SMILES string of the molecule is COc1ccc(OC)c(NC(=O)c2ccc(=O)n(C(C)C)n2)c1. The van der Waals surface area contributed by atoms with Gasteiger partial charge in [0.2, 0.25) is 0 Å². The van der Waals surface area contributed by atoms with Crippen LogP contribution in [0.2, 0.25) is 0 Å². The molecule has 0 radical (unpaired) electrons. The van der Waals surface area contributed by atoms with Gasteiger partial charge < -0.3 is 14.8 Å². The number of hydrogen-bond donors (Lipinski definition) is 1. The van der Waals surface area contributed by atoms with Crippen molar-refractivity contribution in [1.82, 2.24) is 9.78 Å². The molecule has 0 spiro atoms. The van der Waals surface area contributed by atoms with Crippen molar-refractivity contribution in [3.05, 3.63) is 46.4 Å². The summed E-state index contributed by atoms with van der Waals surface area (Å²) in [6, 6.07) is 7.65. The molecule has 23 heavy (non-hydrogen) atoms.